The molecule has 2 rings (SSSR count). The number of aliphatic hydroxyl groups is 1. The molecule has 0 fully saturated rings. The molecule has 1 unspecified atom stereocenters. The predicted molar refractivity (Wildman–Crippen MR) is 76.0 cm³/mol. The molecule has 0 aliphatic carbocycles. The zero-order chi connectivity index (χ0) is 14.7. The Morgan fingerprint density at radius 3 is 2.80 bits per heavy atom. The molecule has 1 heterocycles. The summed E-state index contributed by atoms with van der Waals surface area (Å²) >= 11 is 5.61. The molecule has 2 N–H and O–H groups in total. The second-order valence-electron chi connectivity index (χ2n) is 4.72. The standard InChI is InChI=1S/C14H17ClFN3O/c1-9-5-11(19(2)18-9)7-17-8-14(20)10-3-4-12(15)13(16)6-10/h3-6,14,17,20H,7-8H2,1-2H3. The summed E-state index contributed by atoms with van der Waals surface area (Å²) in [6, 6.07) is 6.29. The highest BCUT2D eigenvalue weighted by molar-refractivity contribution is 6.30. The van der Waals surface area contributed by atoms with Gasteiger partial charge in [-0.1, -0.05) is 17.7 Å². The fourth-order valence-corrected chi connectivity index (χ4v) is 2.12. The fraction of sp³-hybridized carbons (Fsp3) is 0.357. The Bertz CT molecular complexity index is 600. The van der Waals surface area contributed by atoms with Crippen molar-refractivity contribution in [2.45, 2.75) is 19.6 Å². The maximum atomic E-state index is 13.3. The lowest BCUT2D eigenvalue weighted by Crippen LogP contribution is -2.22. The van der Waals surface area contributed by atoms with Gasteiger partial charge in [-0.3, -0.25) is 4.68 Å². The number of hydrogen-bond donors (Lipinski definition) is 2. The summed E-state index contributed by atoms with van der Waals surface area (Å²) in [5.74, 6) is -0.523. The third kappa shape index (κ3) is 3.56. The van der Waals surface area contributed by atoms with Crippen LogP contribution in [-0.4, -0.2) is 21.4 Å². The van der Waals surface area contributed by atoms with Crippen LogP contribution in [0.2, 0.25) is 5.02 Å². The van der Waals surface area contributed by atoms with Gasteiger partial charge < -0.3 is 10.4 Å². The van der Waals surface area contributed by atoms with E-state index in [0.29, 0.717) is 18.7 Å². The topological polar surface area (TPSA) is 50.1 Å². The van der Waals surface area contributed by atoms with E-state index in [2.05, 4.69) is 10.4 Å². The number of nitrogens with one attached hydrogen (secondary N) is 1. The van der Waals surface area contributed by atoms with Crippen LogP contribution in [0.25, 0.3) is 0 Å². The minimum atomic E-state index is -0.781. The van der Waals surface area contributed by atoms with Gasteiger partial charge in [-0.15, -0.1) is 0 Å². The minimum absolute atomic E-state index is 0.0549. The summed E-state index contributed by atoms with van der Waals surface area (Å²) in [5.41, 5.74) is 2.47. The van der Waals surface area contributed by atoms with Crippen molar-refractivity contribution in [1.82, 2.24) is 15.1 Å². The van der Waals surface area contributed by atoms with Crippen molar-refractivity contribution in [3.8, 4) is 0 Å². The molecule has 1 atom stereocenters. The average molecular weight is 298 g/mol. The van der Waals surface area contributed by atoms with Crippen molar-refractivity contribution in [3.05, 3.63) is 52.1 Å². The van der Waals surface area contributed by atoms with Crippen LogP contribution in [0.1, 0.15) is 23.1 Å². The Morgan fingerprint density at radius 2 is 2.20 bits per heavy atom. The Kier molecular flexibility index (Phi) is 4.75. The van der Waals surface area contributed by atoms with Crippen LogP contribution in [0, 0.1) is 12.7 Å². The van der Waals surface area contributed by atoms with Crippen LogP contribution < -0.4 is 5.32 Å². The SMILES string of the molecule is Cc1cc(CNCC(O)c2ccc(Cl)c(F)c2)n(C)n1. The molecule has 0 amide bonds. The summed E-state index contributed by atoms with van der Waals surface area (Å²) in [4.78, 5) is 0. The number of aryl methyl sites for hydroxylation is 2. The van der Waals surface area contributed by atoms with Gasteiger partial charge in [0.1, 0.15) is 5.82 Å². The van der Waals surface area contributed by atoms with Gasteiger partial charge in [-0.05, 0) is 30.7 Å². The highest BCUT2D eigenvalue weighted by Crippen LogP contribution is 2.19. The molecule has 0 aliphatic heterocycles. The van der Waals surface area contributed by atoms with Gasteiger partial charge in [0.25, 0.3) is 0 Å². The quantitative estimate of drug-likeness (QED) is 0.891. The molecule has 108 valence electrons. The van der Waals surface area contributed by atoms with Crippen LogP contribution in [0.3, 0.4) is 0 Å². The first-order valence-electron chi connectivity index (χ1n) is 6.30. The molecule has 6 heteroatoms. The van der Waals surface area contributed by atoms with Gasteiger partial charge in [0.2, 0.25) is 0 Å². The first-order chi connectivity index (χ1) is 9.47. The fourth-order valence-electron chi connectivity index (χ4n) is 2.00. The molecule has 0 bridgehead atoms. The number of aromatic nitrogens is 2. The lowest BCUT2D eigenvalue weighted by atomic mass is 10.1. The molecule has 1 aromatic carbocycles. The van der Waals surface area contributed by atoms with Crippen molar-refractivity contribution < 1.29 is 9.50 Å². The summed E-state index contributed by atoms with van der Waals surface area (Å²) in [6.45, 7) is 2.84. The normalized spacial score (nSPS) is 12.7. The summed E-state index contributed by atoms with van der Waals surface area (Å²) in [6.07, 6.45) is -0.781. The van der Waals surface area contributed by atoms with Crippen LogP contribution in [0.5, 0.6) is 0 Å². The molecule has 0 saturated heterocycles. The van der Waals surface area contributed by atoms with Crippen molar-refractivity contribution in [1.29, 1.82) is 0 Å². The van der Waals surface area contributed by atoms with Gasteiger partial charge in [-0.25, -0.2) is 4.39 Å². The van der Waals surface area contributed by atoms with Gasteiger partial charge >= 0.3 is 0 Å². The maximum Gasteiger partial charge on any atom is 0.142 e. The van der Waals surface area contributed by atoms with E-state index in [4.69, 9.17) is 11.6 Å². The molecule has 4 nitrogen and oxygen atoms in total. The highest BCUT2D eigenvalue weighted by Gasteiger charge is 2.10. The number of hydrogen-bond acceptors (Lipinski definition) is 3. The van der Waals surface area contributed by atoms with E-state index in [-0.39, 0.29) is 5.02 Å². The van der Waals surface area contributed by atoms with Gasteiger partial charge in [-0.2, -0.15) is 5.10 Å². The lowest BCUT2D eigenvalue weighted by molar-refractivity contribution is 0.173. The van der Waals surface area contributed by atoms with Gasteiger partial charge in [0, 0.05) is 20.1 Å². The largest absolute Gasteiger partial charge is 0.387 e. The molecule has 2 aromatic rings. The zero-order valence-electron chi connectivity index (χ0n) is 11.4. The van der Waals surface area contributed by atoms with Crippen molar-refractivity contribution in [2.75, 3.05) is 6.54 Å². The second-order valence-corrected chi connectivity index (χ2v) is 5.13. The van der Waals surface area contributed by atoms with E-state index < -0.39 is 11.9 Å². The smallest absolute Gasteiger partial charge is 0.142 e. The molecular formula is C14H17ClFN3O. The molecule has 0 radical (unpaired) electrons. The third-order valence-electron chi connectivity index (χ3n) is 3.07. The van der Waals surface area contributed by atoms with Crippen LogP contribution in [0.4, 0.5) is 4.39 Å². The zero-order valence-corrected chi connectivity index (χ0v) is 12.2. The molecule has 1 aromatic heterocycles. The molecular weight excluding hydrogens is 281 g/mol. The van der Waals surface area contributed by atoms with E-state index in [9.17, 15) is 9.50 Å². The highest BCUT2D eigenvalue weighted by atomic mass is 35.5. The number of benzene rings is 1. The van der Waals surface area contributed by atoms with Gasteiger partial charge in [0.05, 0.1) is 22.5 Å². The number of aliphatic hydroxyl groups excluding tert-OH is 1. The summed E-state index contributed by atoms with van der Waals surface area (Å²) in [5, 5.41) is 17.4. The van der Waals surface area contributed by atoms with E-state index >= 15 is 0 Å². The van der Waals surface area contributed by atoms with Crippen molar-refractivity contribution in [2.24, 2.45) is 7.05 Å². The van der Waals surface area contributed by atoms with Crippen molar-refractivity contribution >= 4 is 11.6 Å². The monoisotopic (exact) mass is 297 g/mol. The Labute approximate surface area is 122 Å². The summed E-state index contributed by atoms with van der Waals surface area (Å²) in [7, 11) is 1.87. The number of halogens is 2. The lowest BCUT2D eigenvalue weighted by Gasteiger charge is -2.12. The predicted octanol–water partition coefficient (Wildman–Crippen LogP) is 2.34. The molecule has 0 saturated carbocycles. The first-order valence-corrected chi connectivity index (χ1v) is 6.68. The Balaban J connectivity index is 1.90. The van der Waals surface area contributed by atoms with E-state index in [1.165, 1.54) is 12.1 Å². The maximum absolute atomic E-state index is 13.3. The molecule has 20 heavy (non-hydrogen) atoms. The van der Waals surface area contributed by atoms with Crippen LogP contribution >= 0.6 is 11.6 Å². The number of rotatable bonds is 5. The van der Waals surface area contributed by atoms with E-state index in [1.807, 2.05) is 20.0 Å². The van der Waals surface area contributed by atoms with E-state index in [0.717, 1.165) is 11.4 Å². The Morgan fingerprint density at radius 1 is 1.45 bits per heavy atom. The third-order valence-corrected chi connectivity index (χ3v) is 3.38. The van der Waals surface area contributed by atoms with Crippen LogP contribution in [0.15, 0.2) is 24.3 Å². The Hall–Kier alpha value is -1.43. The van der Waals surface area contributed by atoms with E-state index in [1.54, 1.807) is 10.7 Å². The second kappa shape index (κ2) is 6.35. The summed E-state index contributed by atoms with van der Waals surface area (Å²) < 4.78 is 15.1. The first kappa shape index (κ1) is 15.0. The van der Waals surface area contributed by atoms with Gasteiger partial charge in [0.15, 0.2) is 0 Å². The average Bonchev–Trinajstić information content (AvgIpc) is 2.71. The molecule has 0 spiro atoms. The van der Waals surface area contributed by atoms with Crippen LogP contribution in [-0.2, 0) is 13.6 Å². The molecule has 0 aliphatic rings. The van der Waals surface area contributed by atoms with Crippen molar-refractivity contribution in [3.63, 3.8) is 0 Å². The number of nitrogens with zero attached hydrogens (tertiary/aromatic N) is 2. The minimum Gasteiger partial charge on any atom is -0.387 e.